The SMILES string of the molecule is CC(C)[C@@H]1CC[C@@H](C)C[C@H]1OP(Oc1ccccc1P(c1ccccc1)c1ccccc1)O[C@@H]1C[C@H](C)CC[C@H]1C(C)C. The Labute approximate surface area is 263 Å². The van der Waals surface area contributed by atoms with Crippen LogP contribution in [0, 0.1) is 35.5 Å². The summed E-state index contributed by atoms with van der Waals surface area (Å²) in [6.45, 7) is 14.1. The molecule has 2 aliphatic rings. The summed E-state index contributed by atoms with van der Waals surface area (Å²) in [4.78, 5) is 0. The fourth-order valence-electron chi connectivity index (χ4n) is 7.14. The molecular weight excluding hydrogens is 566 g/mol. The summed E-state index contributed by atoms with van der Waals surface area (Å²) in [6.07, 6.45) is 7.45. The molecule has 2 fully saturated rings. The van der Waals surface area contributed by atoms with Crippen LogP contribution in [0.25, 0.3) is 0 Å². The van der Waals surface area contributed by atoms with Gasteiger partial charge in [0.25, 0.3) is 0 Å². The first-order valence-corrected chi connectivity index (χ1v) is 19.0. The molecule has 3 aromatic rings. The molecule has 0 unspecified atom stereocenters. The molecule has 0 spiro atoms. The third-order valence-electron chi connectivity index (χ3n) is 9.67. The lowest BCUT2D eigenvalue weighted by Gasteiger charge is -2.41. The van der Waals surface area contributed by atoms with Crippen LogP contribution in [0.1, 0.15) is 80.1 Å². The lowest BCUT2D eigenvalue weighted by molar-refractivity contribution is -0.00250. The molecule has 0 N–H and O–H groups in total. The molecule has 0 heterocycles. The minimum Gasteiger partial charge on any atom is -0.426 e. The maximum Gasteiger partial charge on any atom is 0.397 e. The van der Waals surface area contributed by atoms with E-state index in [1.54, 1.807) is 0 Å². The van der Waals surface area contributed by atoms with Crippen molar-refractivity contribution in [2.75, 3.05) is 0 Å². The van der Waals surface area contributed by atoms with Gasteiger partial charge in [0.2, 0.25) is 0 Å². The van der Waals surface area contributed by atoms with Crippen molar-refractivity contribution in [1.82, 2.24) is 0 Å². The van der Waals surface area contributed by atoms with Crippen molar-refractivity contribution in [2.24, 2.45) is 35.5 Å². The lowest BCUT2D eigenvalue weighted by Crippen LogP contribution is -2.36. The van der Waals surface area contributed by atoms with E-state index >= 15 is 0 Å². The molecule has 43 heavy (non-hydrogen) atoms. The fraction of sp³-hybridized carbons (Fsp3) is 0.526. The Morgan fingerprint density at radius 1 is 0.581 bits per heavy atom. The molecule has 3 nitrogen and oxygen atoms in total. The van der Waals surface area contributed by atoms with Crippen LogP contribution in [0.5, 0.6) is 5.75 Å². The van der Waals surface area contributed by atoms with E-state index in [-0.39, 0.29) is 12.2 Å². The standard InChI is InChI=1S/C38H52O3P2/c1-27(2)33-23-21-29(5)25-36(33)40-43(41-37-26-30(6)22-24-34(37)28(3)4)39-35-19-13-14-20-38(35)42(31-15-9-7-10-16-31)32-17-11-8-12-18-32/h7-20,27-30,33-34,36-37H,21-26H2,1-6H3/t29-,30-,33+,34+,36-,37-/m1/s1. The Kier molecular flexibility index (Phi) is 11.8. The van der Waals surface area contributed by atoms with E-state index in [9.17, 15) is 0 Å². The number of hydrogen-bond donors (Lipinski definition) is 0. The van der Waals surface area contributed by atoms with Crippen molar-refractivity contribution in [3.05, 3.63) is 84.9 Å². The van der Waals surface area contributed by atoms with Gasteiger partial charge < -0.3 is 4.52 Å². The van der Waals surface area contributed by atoms with Crippen molar-refractivity contribution in [3.8, 4) is 5.75 Å². The third-order valence-corrected chi connectivity index (χ3v) is 13.4. The maximum atomic E-state index is 7.08. The zero-order valence-corrected chi connectivity index (χ0v) is 28.9. The van der Waals surface area contributed by atoms with Gasteiger partial charge in [-0.3, -0.25) is 9.05 Å². The molecule has 0 radical (unpaired) electrons. The quantitative estimate of drug-likeness (QED) is 0.200. The molecular formula is C38H52O3P2. The number of hydrogen-bond acceptors (Lipinski definition) is 3. The lowest BCUT2D eigenvalue weighted by atomic mass is 9.75. The van der Waals surface area contributed by atoms with E-state index in [1.165, 1.54) is 41.6 Å². The zero-order valence-electron chi connectivity index (χ0n) is 27.1. The Morgan fingerprint density at radius 3 is 1.49 bits per heavy atom. The maximum absolute atomic E-state index is 7.08. The third kappa shape index (κ3) is 8.49. The van der Waals surface area contributed by atoms with Gasteiger partial charge in [-0.2, -0.15) is 0 Å². The summed E-state index contributed by atoms with van der Waals surface area (Å²) in [6, 6.07) is 30.4. The van der Waals surface area contributed by atoms with E-state index in [2.05, 4.69) is 126 Å². The molecule has 2 saturated carbocycles. The molecule has 5 heteroatoms. The molecule has 0 aliphatic heterocycles. The van der Waals surface area contributed by atoms with Gasteiger partial charge in [-0.1, -0.05) is 133 Å². The Morgan fingerprint density at radius 2 is 1.02 bits per heavy atom. The molecule has 0 bridgehead atoms. The fourth-order valence-corrected chi connectivity index (χ4v) is 11.0. The van der Waals surface area contributed by atoms with Gasteiger partial charge in [-0.15, -0.1) is 0 Å². The van der Waals surface area contributed by atoms with E-state index < -0.39 is 16.5 Å². The Bertz CT molecular complexity index is 1180. The second-order valence-corrected chi connectivity index (χ2v) is 17.0. The van der Waals surface area contributed by atoms with Crippen LogP contribution in [0.4, 0.5) is 0 Å². The Hall–Kier alpha value is -1.76. The Balaban J connectivity index is 1.51. The predicted octanol–water partition coefficient (Wildman–Crippen LogP) is 10.0. The molecule has 232 valence electrons. The van der Waals surface area contributed by atoms with Crippen LogP contribution in [0.3, 0.4) is 0 Å². The van der Waals surface area contributed by atoms with E-state index in [0.29, 0.717) is 35.5 Å². The highest BCUT2D eigenvalue weighted by Gasteiger charge is 2.39. The van der Waals surface area contributed by atoms with Gasteiger partial charge in [0, 0.05) is 5.30 Å². The normalized spacial score (nSPS) is 26.4. The topological polar surface area (TPSA) is 27.7 Å². The van der Waals surface area contributed by atoms with E-state index in [0.717, 1.165) is 18.6 Å². The first-order chi connectivity index (χ1) is 20.8. The summed E-state index contributed by atoms with van der Waals surface area (Å²) in [5.41, 5.74) is 0. The summed E-state index contributed by atoms with van der Waals surface area (Å²) in [7, 11) is -2.41. The van der Waals surface area contributed by atoms with E-state index in [1.807, 2.05) is 0 Å². The van der Waals surface area contributed by atoms with E-state index in [4.69, 9.17) is 13.6 Å². The second-order valence-electron chi connectivity index (χ2n) is 13.7. The zero-order chi connectivity index (χ0) is 30.3. The smallest absolute Gasteiger partial charge is 0.397 e. The highest BCUT2D eigenvalue weighted by molar-refractivity contribution is 7.80. The number of benzene rings is 3. The predicted molar refractivity (Wildman–Crippen MR) is 185 cm³/mol. The first kappa shape index (κ1) is 32.6. The largest absolute Gasteiger partial charge is 0.426 e. The molecule has 6 atom stereocenters. The van der Waals surface area contributed by atoms with Crippen LogP contribution in [-0.4, -0.2) is 12.2 Å². The van der Waals surface area contributed by atoms with Gasteiger partial charge in [0.05, 0.1) is 12.2 Å². The summed E-state index contributed by atoms with van der Waals surface area (Å²) >= 11 is 0. The first-order valence-electron chi connectivity index (χ1n) is 16.6. The van der Waals surface area contributed by atoms with Crippen molar-refractivity contribution in [2.45, 2.75) is 92.3 Å². The van der Waals surface area contributed by atoms with Crippen LogP contribution < -0.4 is 20.4 Å². The van der Waals surface area contributed by atoms with Crippen LogP contribution >= 0.6 is 16.5 Å². The second kappa shape index (κ2) is 15.5. The molecule has 3 aromatic carbocycles. The summed E-state index contributed by atoms with van der Waals surface area (Å²) in [5, 5.41) is 3.84. The van der Waals surface area contributed by atoms with Gasteiger partial charge in [-0.25, -0.2) is 0 Å². The summed E-state index contributed by atoms with van der Waals surface area (Å²) in [5.74, 6) is 4.41. The van der Waals surface area contributed by atoms with Gasteiger partial charge in [-0.05, 0) is 85.8 Å². The van der Waals surface area contributed by atoms with Gasteiger partial charge in [0.1, 0.15) is 5.75 Å². The molecule has 5 rings (SSSR count). The van der Waals surface area contributed by atoms with Crippen molar-refractivity contribution >= 4 is 32.4 Å². The molecule has 0 saturated heterocycles. The molecule has 0 amide bonds. The minimum atomic E-state index is -1.59. The average Bonchev–Trinajstić information content (AvgIpc) is 2.99. The van der Waals surface area contributed by atoms with Gasteiger partial charge >= 0.3 is 8.60 Å². The van der Waals surface area contributed by atoms with Crippen LogP contribution in [-0.2, 0) is 9.05 Å². The number of rotatable bonds is 11. The van der Waals surface area contributed by atoms with Gasteiger partial charge in [0.15, 0.2) is 0 Å². The highest BCUT2D eigenvalue weighted by atomic mass is 31.2. The monoisotopic (exact) mass is 618 g/mol. The number of para-hydroxylation sites is 1. The van der Waals surface area contributed by atoms with Crippen LogP contribution in [0.15, 0.2) is 84.9 Å². The summed E-state index contributed by atoms with van der Waals surface area (Å²) < 4.78 is 21.2. The molecule has 2 aliphatic carbocycles. The minimum absolute atomic E-state index is 0.158. The van der Waals surface area contributed by atoms with Crippen molar-refractivity contribution in [3.63, 3.8) is 0 Å². The highest BCUT2D eigenvalue weighted by Crippen LogP contribution is 2.52. The van der Waals surface area contributed by atoms with Crippen molar-refractivity contribution in [1.29, 1.82) is 0 Å². The average molecular weight is 619 g/mol. The van der Waals surface area contributed by atoms with Crippen molar-refractivity contribution < 1.29 is 13.6 Å². The van der Waals surface area contributed by atoms with Crippen LogP contribution in [0.2, 0.25) is 0 Å². The molecule has 0 aromatic heterocycles.